The monoisotopic (exact) mass is 733 g/mol. The summed E-state index contributed by atoms with van der Waals surface area (Å²) < 4.78 is 29.1. The standard InChI is InChI=1S/C42H39NO5S3/c1-2-43-35-11-9-31-27-41(35)51-42-28-32(10-12-36(42)43)40-16-14-38(50-40)30-6-4-8-34(26-30)48-24-22-46-20-18-44-17-19-45-21-23-47-33-7-3-5-29(25-33)37-13-15-39(31)49-37/h3-16,25-28H,2,17-24H2,1H3. The van der Waals surface area contributed by atoms with E-state index in [0.717, 1.165) is 29.2 Å². The summed E-state index contributed by atoms with van der Waals surface area (Å²) in [5.41, 5.74) is 7.27. The first-order valence-corrected chi connectivity index (χ1v) is 19.8. The van der Waals surface area contributed by atoms with Crippen molar-refractivity contribution < 1.29 is 23.7 Å². The van der Waals surface area contributed by atoms with Crippen LogP contribution in [0.4, 0.5) is 11.4 Å². The maximum atomic E-state index is 6.02. The number of nitrogens with zero attached hydrogens (tertiary/aromatic N) is 1. The van der Waals surface area contributed by atoms with Crippen LogP contribution in [-0.4, -0.2) is 59.4 Å². The highest BCUT2D eigenvalue weighted by Crippen LogP contribution is 2.51. The molecule has 0 atom stereocenters. The number of hydrogen-bond acceptors (Lipinski definition) is 9. The molecule has 2 aromatic heterocycles. The van der Waals surface area contributed by atoms with Crippen molar-refractivity contribution in [3.05, 3.63) is 109 Å². The number of anilines is 2. The van der Waals surface area contributed by atoms with E-state index in [4.69, 9.17) is 23.7 Å². The molecule has 0 amide bonds. The van der Waals surface area contributed by atoms with E-state index in [-0.39, 0.29) is 0 Å². The van der Waals surface area contributed by atoms with Crippen LogP contribution < -0.4 is 14.4 Å². The van der Waals surface area contributed by atoms with Gasteiger partial charge in [-0.3, -0.25) is 0 Å². The molecule has 0 saturated heterocycles. The van der Waals surface area contributed by atoms with Gasteiger partial charge >= 0.3 is 0 Å². The zero-order valence-electron chi connectivity index (χ0n) is 28.5. The Morgan fingerprint density at radius 2 is 0.882 bits per heavy atom. The average Bonchev–Trinajstić information content (AvgIpc) is 3.87. The molecule has 0 radical (unpaired) electrons. The molecule has 2 aliphatic heterocycles. The van der Waals surface area contributed by atoms with Gasteiger partial charge in [0.1, 0.15) is 24.7 Å². The Balaban J connectivity index is 1.07. The van der Waals surface area contributed by atoms with Gasteiger partial charge in [0.25, 0.3) is 0 Å². The fourth-order valence-corrected chi connectivity index (χ4v) is 9.46. The maximum Gasteiger partial charge on any atom is 0.120 e. The molecule has 51 heavy (non-hydrogen) atoms. The summed E-state index contributed by atoms with van der Waals surface area (Å²) in [4.78, 5) is 9.90. The highest BCUT2D eigenvalue weighted by Gasteiger charge is 2.24. The summed E-state index contributed by atoms with van der Waals surface area (Å²) in [6.45, 7) is 7.12. The molecule has 0 N–H and O–H groups in total. The molecule has 0 saturated carbocycles. The summed E-state index contributed by atoms with van der Waals surface area (Å²) in [6, 6.07) is 39.3. The Hall–Kier alpha value is -4.09. The normalized spacial score (nSPS) is 15.4. The number of fused-ring (bicyclic) bond motifs is 14. The van der Waals surface area contributed by atoms with E-state index in [9.17, 15) is 0 Å². The zero-order chi connectivity index (χ0) is 34.4. The highest BCUT2D eigenvalue weighted by atomic mass is 32.2. The van der Waals surface area contributed by atoms with Crippen molar-refractivity contribution in [2.45, 2.75) is 16.7 Å². The lowest BCUT2D eigenvalue weighted by Crippen LogP contribution is -2.19. The van der Waals surface area contributed by atoms with Crippen molar-refractivity contribution in [1.29, 1.82) is 0 Å². The lowest BCUT2D eigenvalue weighted by molar-refractivity contribution is 0.00499. The lowest BCUT2D eigenvalue weighted by Gasteiger charge is -2.32. The number of ether oxygens (including phenoxy) is 5. The summed E-state index contributed by atoms with van der Waals surface area (Å²) in [7, 11) is 0. The van der Waals surface area contributed by atoms with Crippen molar-refractivity contribution in [3.8, 4) is 53.3 Å². The molecule has 0 unspecified atom stereocenters. The topological polar surface area (TPSA) is 49.4 Å². The van der Waals surface area contributed by atoms with Crippen molar-refractivity contribution in [1.82, 2.24) is 0 Å². The first-order valence-electron chi connectivity index (χ1n) is 17.4. The zero-order valence-corrected chi connectivity index (χ0v) is 30.9. The predicted molar refractivity (Wildman–Crippen MR) is 211 cm³/mol. The van der Waals surface area contributed by atoms with Gasteiger partial charge in [-0.05, 0) is 102 Å². The molecule has 9 heteroatoms. The molecular formula is C42H39NO5S3. The minimum atomic E-state index is 0.478. The molecular weight excluding hydrogens is 695 g/mol. The molecule has 260 valence electrons. The third kappa shape index (κ3) is 7.89. The molecule has 6 aromatic rings. The van der Waals surface area contributed by atoms with Gasteiger partial charge in [-0.2, -0.15) is 0 Å². The first-order chi connectivity index (χ1) is 25.2. The molecule has 6 nitrogen and oxygen atoms in total. The largest absolute Gasteiger partial charge is 0.491 e. The minimum absolute atomic E-state index is 0.478. The highest BCUT2D eigenvalue weighted by molar-refractivity contribution is 7.99. The SMILES string of the molecule is CCN1c2ccc3cc2Sc2cc(ccc21)-c1ccc(s1)-c1cccc(c1)OCCOCCOCCOCCOc1cccc(c1)-c1ccc-3s1. The quantitative estimate of drug-likeness (QED) is 0.167. The Morgan fingerprint density at radius 3 is 1.31 bits per heavy atom. The van der Waals surface area contributed by atoms with Gasteiger partial charge in [0.15, 0.2) is 0 Å². The molecule has 4 heterocycles. The summed E-state index contributed by atoms with van der Waals surface area (Å²) in [5.74, 6) is 1.67. The van der Waals surface area contributed by atoms with Crippen LogP contribution in [0.1, 0.15) is 6.92 Å². The van der Waals surface area contributed by atoms with Crippen molar-refractivity contribution in [2.24, 2.45) is 0 Å². The van der Waals surface area contributed by atoms with Crippen LogP contribution in [0.5, 0.6) is 11.5 Å². The predicted octanol–water partition coefficient (Wildman–Crippen LogP) is 10.9. The number of thiophene rings is 2. The van der Waals surface area contributed by atoms with Crippen LogP contribution in [0.2, 0.25) is 0 Å². The van der Waals surface area contributed by atoms with Crippen LogP contribution in [0.25, 0.3) is 41.8 Å². The van der Waals surface area contributed by atoms with E-state index in [1.165, 1.54) is 51.8 Å². The van der Waals surface area contributed by atoms with Crippen molar-refractivity contribution in [3.63, 3.8) is 0 Å². The summed E-state index contributed by atoms with van der Waals surface area (Å²) in [5, 5.41) is 0. The van der Waals surface area contributed by atoms with Gasteiger partial charge in [0.05, 0.1) is 51.0 Å². The lowest BCUT2D eigenvalue weighted by atomic mass is 10.1. The fraction of sp³-hybridized carbons (Fsp3) is 0.238. The second kappa shape index (κ2) is 16.1. The average molecular weight is 734 g/mol. The smallest absolute Gasteiger partial charge is 0.120 e. The maximum absolute atomic E-state index is 6.02. The Kier molecular flexibility index (Phi) is 10.7. The van der Waals surface area contributed by atoms with Gasteiger partial charge in [-0.15, -0.1) is 22.7 Å². The van der Waals surface area contributed by atoms with Crippen molar-refractivity contribution in [2.75, 3.05) is 64.3 Å². The van der Waals surface area contributed by atoms with Crippen LogP contribution in [0.15, 0.2) is 119 Å². The van der Waals surface area contributed by atoms with E-state index in [2.05, 4.69) is 96.8 Å². The van der Waals surface area contributed by atoms with Gasteiger partial charge in [-0.25, -0.2) is 0 Å². The third-order valence-electron chi connectivity index (χ3n) is 8.79. The van der Waals surface area contributed by atoms with Gasteiger partial charge in [0, 0.05) is 35.8 Å². The van der Waals surface area contributed by atoms with Crippen molar-refractivity contribution >= 4 is 45.8 Å². The van der Waals surface area contributed by atoms with Crippen LogP contribution in [0.3, 0.4) is 0 Å². The third-order valence-corrected chi connectivity index (χ3v) is 12.3. The molecule has 0 aliphatic carbocycles. The Bertz CT molecular complexity index is 1960. The number of hydrogen-bond donors (Lipinski definition) is 0. The van der Waals surface area contributed by atoms with Crippen LogP contribution in [-0.2, 0) is 14.2 Å². The molecule has 12 bridgehead atoms. The Labute approximate surface area is 311 Å². The van der Waals surface area contributed by atoms with E-state index in [0.29, 0.717) is 52.9 Å². The van der Waals surface area contributed by atoms with Gasteiger partial charge < -0.3 is 28.6 Å². The van der Waals surface area contributed by atoms with E-state index < -0.39 is 0 Å². The Morgan fingerprint density at radius 1 is 0.471 bits per heavy atom. The van der Waals surface area contributed by atoms with E-state index in [1.807, 2.05) is 58.7 Å². The molecule has 0 fully saturated rings. The van der Waals surface area contributed by atoms with E-state index in [1.54, 1.807) is 0 Å². The number of benzene rings is 4. The summed E-state index contributed by atoms with van der Waals surface area (Å²) in [6.07, 6.45) is 0. The van der Waals surface area contributed by atoms with Gasteiger partial charge in [0.2, 0.25) is 0 Å². The molecule has 8 rings (SSSR count). The fourth-order valence-electron chi connectivity index (χ4n) is 6.29. The minimum Gasteiger partial charge on any atom is -0.491 e. The summed E-state index contributed by atoms with van der Waals surface area (Å²) >= 11 is 5.48. The molecule has 2 aliphatic rings. The second-order valence-electron chi connectivity index (χ2n) is 12.1. The van der Waals surface area contributed by atoms with E-state index >= 15 is 0 Å². The van der Waals surface area contributed by atoms with Crippen LogP contribution >= 0.6 is 34.4 Å². The number of rotatable bonds is 1. The van der Waals surface area contributed by atoms with Crippen LogP contribution in [0, 0.1) is 0 Å². The van der Waals surface area contributed by atoms with Gasteiger partial charge in [-0.1, -0.05) is 48.2 Å². The second-order valence-corrected chi connectivity index (χ2v) is 15.4. The first kappa shape index (κ1) is 34.0. The molecule has 0 spiro atoms. The molecule has 4 aromatic carbocycles.